The lowest BCUT2D eigenvalue weighted by Crippen LogP contribution is -2.27. The van der Waals surface area contributed by atoms with Crippen molar-refractivity contribution in [3.05, 3.63) is 110 Å². The van der Waals surface area contributed by atoms with Crippen LogP contribution in [-0.2, 0) is 19.6 Å². The molecule has 2 aromatic heterocycles. The Kier molecular flexibility index (Phi) is 6.90. The SMILES string of the molecule is Cc1ccccc1Cn1cc(Cn2c(=N)n(CC(O)c3ccc(Cl)c(Cl)c3)c3ccc(Cl)cc32)nn1. The predicted octanol–water partition coefficient (Wildman–Crippen LogP) is 5.61. The summed E-state index contributed by atoms with van der Waals surface area (Å²) in [5.74, 6) is 0. The maximum absolute atomic E-state index is 10.9. The number of hydrogen-bond acceptors (Lipinski definition) is 4. The number of hydrogen-bond donors (Lipinski definition) is 2. The molecule has 36 heavy (non-hydrogen) atoms. The maximum atomic E-state index is 10.9. The zero-order chi connectivity index (χ0) is 25.4. The number of rotatable bonds is 7. The second-order valence-corrected chi connectivity index (χ2v) is 9.93. The highest BCUT2D eigenvalue weighted by atomic mass is 35.5. The van der Waals surface area contributed by atoms with E-state index in [1.165, 1.54) is 11.1 Å². The molecule has 0 amide bonds. The van der Waals surface area contributed by atoms with Gasteiger partial charge >= 0.3 is 0 Å². The first-order chi connectivity index (χ1) is 17.3. The second kappa shape index (κ2) is 10.1. The fourth-order valence-electron chi connectivity index (χ4n) is 4.27. The van der Waals surface area contributed by atoms with Gasteiger partial charge < -0.3 is 14.2 Å². The Labute approximate surface area is 222 Å². The molecule has 1 atom stereocenters. The van der Waals surface area contributed by atoms with E-state index in [4.69, 9.17) is 40.2 Å². The van der Waals surface area contributed by atoms with Gasteiger partial charge in [0.25, 0.3) is 0 Å². The highest BCUT2D eigenvalue weighted by Crippen LogP contribution is 2.27. The van der Waals surface area contributed by atoms with E-state index in [9.17, 15) is 5.11 Å². The number of aromatic nitrogens is 5. The number of fused-ring (bicyclic) bond motifs is 1. The molecule has 0 saturated carbocycles. The highest BCUT2D eigenvalue weighted by Gasteiger charge is 2.18. The standard InChI is InChI=1S/C26H23Cl3N6O/c1-16-4-2-3-5-18(16)12-33-13-20(31-32-33)14-34-24-11-19(27)7-9-23(24)35(26(34)30)15-25(36)17-6-8-21(28)22(29)10-17/h2-11,13,25,30,36H,12,14-15H2,1H3. The Hall–Kier alpha value is -3.10. The van der Waals surface area contributed by atoms with E-state index in [1.54, 1.807) is 33.5 Å². The summed E-state index contributed by atoms with van der Waals surface area (Å²) < 4.78 is 5.35. The summed E-state index contributed by atoms with van der Waals surface area (Å²) in [6.45, 7) is 3.17. The van der Waals surface area contributed by atoms with Crippen LogP contribution in [0.3, 0.4) is 0 Å². The normalized spacial score (nSPS) is 12.4. The van der Waals surface area contributed by atoms with Gasteiger partial charge in [0.05, 0.1) is 53.0 Å². The molecule has 0 aliphatic rings. The van der Waals surface area contributed by atoms with Gasteiger partial charge in [-0.1, -0.05) is 70.3 Å². The van der Waals surface area contributed by atoms with Crippen molar-refractivity contribution in [2.45, 2.75) is 32.7 Å². The number of aryl methyl sites for hydroxylation is 1. The van der Waals surface area contributed by atoms with E-state index in [0.29, 0.717) is 39.4 Å². The third-order valence-electron chi connectivity index (χ3n) is 6.21. The average molecular weight is 542 g/mol. The fraction of sp³-hybridized carbons (Fsp3) is 0.192. The van der Waals surface area contributed by atoms with E-state index >= 15 is 0 Å². The molecule has 0 spiro atoms. The van der Waals surface area contributed by atoms with Gasteiger partial charge in [0.15, 0.2) is 0 Å². The number of imidazole rings is 1. The zero-order valence-electron chi connectivity index (χ0n) is 19.4. The maximum Gasteiger partial charge on any atom is 0.203 e. The predicted molar refractivity (Wildman–Crippen MR) is 142 cm³/mol. The fourth-order valence-corrected chi connectivity index (χ4v) is 4.74. The van der Waals surface area contributed by atoms with Crippen LogP contribution in [0.2, 0.25) is 15.1 Å². The quantitative estimate of drug-likeness (QED) is 0.281. The Bertz CT molecular complexity index is 1620. The van der Waals surface area contributed by atoms with Crippen LogP contribution in [0, 0.1) is 12.3 Å². The van der Waals surface area contributed by atoms with Gasteiger partial charge in [-0.2, -0.15) is 0 Å². The summed E-state index contributed by atoms with van der Waals surface area (Å²) in [5.41, 5.74) is 5.44. The molecule has 0 radical (unpaired) electrons. The number of nitrogens with one attached hydrogen (secondary N) is 1. The van der Waals surface area contributed by atoms with Crippen LogP contribution in [0.15, 0.2) is 66.9 Å². The van der Waals surface area contributed by atoms with Crippen molar-refractivity contribution in [1.29, 1.82) is 5.41 Å². The molecule has 0 fully saturated rings. The van der Waals surface area contributed by atoms with Gasteiger partial charge in [-0.15, -0.1) is 5.10 Å². The van der Waals surface area contributed by atoms with Crippen LogP contribution < -0.4 is 5.62 Å². The number of benzene rings is 3. The molecular weight excluding hydrogens is 519 g/mol. The molecule has 0 saturated heterocycles. The molecular formula is C26H23Cl3N6O. The highest BCUT2D eigenvalue weighted by molar-refractivity contribution is 6.42. The Morgan fingerprint density at radius 3 is 2.50 bits per heavy atom. The monoisotopic (exact) mass is 540 g/mol. The van der Waals surface area contributed by atoms with Crippen LogP contribution in [0.1, 0.15) is 28.5 Å². The lowest BCUT2D eigenvalue weighted by atomic mass is 10.1. The Balaban J connectivity index is 1.46. The molecule has 0 aliphatic carbocycles. The molecule has 5 aromatic rings. The first-order valence-electron chi connectivity index (χ1n) is 11.3. The first-order valence-corrected chi connectivity index (χ1v) is 12.4. The summed E-state index contributed by atoms with van der Waals surface area (Å²) in [6, 6.07) is 18.6. The van der Waals surface area contributed by atoms with Crippen molar-refractivity contribution in [2.24, 2.45) is 0 Å². The third-order valence-corrected chi connectivity index (χ3v) is 7.19. The molecule has 1 unspecified atom stereocenters. The van der Waals surface area contributed by atoms with Crippen molar-refractivity contribution in [1.82, 2.24) is 24.1 Å². The number of aliphatic hydroxyl groups is 1. The van der Waals surface area contributed by atoms with Crippen LogP contribution in [0.25, 0.3) is 11.0 Å². The minimum Gasteiger partial charge on any atom is -0.387 e. The van der Waals surface area contributed by atoms with Crippen molar-refractivity contribution in [3.8, 4) is 0 Å². The molecule has 2 N–H and O–H groups in total. The lowest BCUT2D eigenvalue weighted by molar-refractivity contribution is 0.155. The van der Waals surface area contributed by atoms with Crippen LogP contribution in [0.5, 0.6) is 0 Å². The topological polar surface area (TPSA) is 84.7 Å². The second-order valence-electron chi connectivity index (χ2n) is 8.68. The summed E-state index contributed by atoms with van der Waals surface area (Å²) in [6.07, 6.45) is 0.996. The van der Waals surface area contributed by atoms with E-state index in [2.05, 4.69) is 29.4 Å². The molecule has 0 bridgehead atoms. The van der Waals surface area contributed by atoms with E-state index in [1.807, 2.05) is 35.0 Å². The molecule has 184 valence electrons. The largest absolute Gasteiger partial charge is 0.387 e. The van der Waals surface area contributed by atoms with Gasteiger partial charge in [0.1, 0.15) is 5.69 Å². The summed E-state index contributed by atoms with van der Waals surface area (Å²) in [4.78, 5) is 0. The van der Waals surface area contributed by atoms with Crippen LogP contribution in [0.4, 0.5) is 0 Å². The van der Waals surface area contributed by atoms with Gasteiger partial charge in [0.2, 0.25) is 5.62 Å². The minimum absolute atomic E-state index is 0.155. The lowest BCUT2D eigenvalue weighted by Gasteiger charge is -2.13. The van der Waals surface area contributed by atoms with Crippen molar-refractivity contribution in [3.63, 3.8) is 0 Å². The van der Waals surface area contributed by atoms with Gasteiger partial charge in [0, 0.05) is 5.02 Å². The van der Waals surface area contributed by atoms with Crippen molar-refractivity contribution in [2.75, 3.05) is 0 Å². The van der Waals surface area contributed by atoms with E-state index in [-0.39, 0.29) is 12.2 Å². The van der Waals surface area contributed by atoms with Gasteiger partial charge in [-0.25, -0.2) is 4.68 Å². The molecule has 3 aromatic carbocycles. The van der Waals surface area contributed by atoms with Crippen LogP contribution in [-0.4, -0.2) is 29.2 Å². The average Bonchev–Trinajstić information content (AvgIpc) is 3.40. The Morgan fingerprint density at radius 2 is 1.72 bits per heavy atom. The summed E-state index contributed by atoms with van der Waals surface area (Å²) in [7, 11) is 0. The molecule has 0 aliphatic heterocycles. The molecule has 7 nitrogen and oxygen atoms in total. The molecule has 5 rings (SSSR count). The summed E-state index contributed by atoms with van der Waals surface area (Å²) >= 11 is 18.5. The Morgan fingerprint density at radius 1 is 0.917 bits per heavy atom. The first kappa shape index (κ1) is 24.6. The minimum atomic E-state index is -0.890. The van der Waals surface area contributed by atoms with Crippen molar-refractivity contribution >= 4 is 45.8 Å². The van der Waals surface area contributed by atoms with Gasteiger partial charge in [-0.05, 0) is 53.9 Å². The zero-order valence-corrected chi connectivity index (χ0v) is 21.6. The summed E-state index contributed by atoms with van der Waals surface area (Å²) in [5, 5.41) is 29.8. The van der Waals surface area contributed by atoms with Crippen LogP contribution >= 0.6 is 34.8 Å². The smallest absolute Gasteiger partial charge is 0.203 e. The van der Waals surface area contributed by atoms with Gasteiger partial charge in [-0.3, -0.25) is 5.41 Å². The number of aliphatic hydroxyl groups excluding tert-OH is 1. The van der Waals surface area contributed by atoms with E-state index in [0.717, 1.165) is 11.0 Å². The van der Waals surface area contributed by atoms with E-state index < -0.39 is 6.10 Å². The third kappa shape index (κ3) is 4.92. The molecule has 2 heterocycles. The molecule has 10 heteroatoms. The number of nitrogens with zero attached hydrogens (tertiary/aromatic N) is 5. The number of halogens is 3. The van der Waals surface area contributed by atoms with Crippen molar-refractivity contribution < 1.29 is 5.11 Å².